The number of nitrogens with zero attached hydrogens (tertiary/aromatic N) is 1. The van der Waals surface area contributed by atoms with Crippen molar-refractivity contribution in [2.75, 3.05) is 10.5 Å². The van der Waals surface area contributed by atoms with Crippen LogP contribution >= 0.6 is 43.5 Å². The van der Waals surface area contributed by atoms with E-state index >= 15 is 0 Å². The van der Waals surface area contributed by atoms with Gasteiger partial charge < -0.3 is 5.73 Å². The summed E-state index contributed by atoms with van der Waals surface area (Å²) in [5, 5.41) is 0.268. The Balaban J connectivity index is 2.43. The summed E-state index contributed by atoms with van der Waals surface area (Å²) in [5.74, 6) is -0.0889. The normalized spacial score (nSPS) is 11.3. The highest BCUT2D eigenvalue weighted by Crippen LogP contribution is 2.29. The van der Waals surface area contributed by atoms with Crippen LogP contribution < -0.4 is 10.5 Å². The zero-order valence-electron chi connectivity index (χ0n) is 9.77. The number of hydrogen-bond acceptors (Lipinski definition) is 4. The van der Waals surface area contributed by atoms with Gasteiger partial charge in [-0.2, -0.15) is 0 Å². The topological polar surface area (TPSA) is 85.1 Å². The predicted molar refractivity (Wildman–Crippen MR) is 86.3 cm³/mol. The van der Waals surface area contributed by atoms with Gasteiger partial charge in [0, 0.05) is 15.1 Å². The average Bonchev–Trinajstić information content (AvgIpc) is 2.35. The molecule has 1 aromatic carbocycles. The van der Waals surface area contributed by atoms with Gasteiger partial charge in [-0.25, -0.2) is 13.4 Å². The molecule has 5 nitrogen and oxygen atoms in total. The van der Waals surface area contributed by atoms with Crippen molar-refractivity contribution in [3.63, 3.8) is 0 Å². The zero-order valence-corrected chi connectivity index (χ0v) is 14.5. The molecule has 106 valence electrons. The Morgan fingerprint density at radius 2 is 1.90 bits per heavy atom. The number of rotatable bonds is 3. The quantitative estimate of drug-likeness (QED) is 0.762. The van der Waals surface area contributed by atoms with Crippen molar-refractivity contribution in [3.05, 3.63) is 44.4 Å². The Morgan fingerprint density at radius 1 is 1.20 bits per heavy atom. The Morgan fingerprint density at radius 3 is 2.55 bits per heavy atom. The number of aromatic nitrogens is 1. The van der Waals surface area contributed by atoms with E-state index in [9.17, 15) is 8.42 Å². The summed E-state index contributed by atoms with van der Waals surface area (Å²) in [6, 6.07) is 6.18. The summed E-state index contributed by atoms with van der Waals surface area (Å²) in [6.07, 6.45) is 1.42. The lowest BCUT2D eigenvalue weighted by Gasteiger charge is -2.11. The molecule has 0 unspecified atom stereocenters. The fraction of sp³-hybridized carbons (Fsp3) is 0. The monoisotopic (exact) mass is 439 g/mol. The van der Waals surface area contributed by atoms with Crippen molar-refractivity contribution in [2.45, 2.75) is 4.90 Å². The summed E-state index contributed by atoms with van der Waals surface area (Å²) >= 11 is 12.4. The molecule has 0 aliphatic carbocycles. The molecule has 0 fully saturated rings. The molecule has 0 aliphatic heterocycles. The number of nitrogens with two attached hydrogens (primary N) is 1. The first-order valence-electron chi connectivity index (χ1n) is 5.18. The van der Waals surface area contributed by atoms with Gasteiger partial charge in [0.05, 0.1) is 10.7 Å². The van der Waals surface area contributed by atoms with Gasteiger partial charge in [0.1, 0.15) is 10.7 Å². The molecule has 20 heavy (non-hydrogen) atoms. The van der Waals surface area contributed by atoms with Gasteiger partial charge in [-0.15, -0.1) is 0 Å². The number of benzene rings is 1. The molecular formula is C11H8Br2ClN3O2S. The molecule has 1 heterocycles. The van der Waals surface area contributed by atoms with Crippen LogP contribution in [0, 0.1) is 0 Å². The van der Waals surface area contributed by atoms with Gasteiger partial charge in [0.15, 0.2) is 0 Å². The predicted octanol–water partition coefficient (Wildman–Crippen LogP) is 3.64. The molecule has 0 atom stereocenters. The Labute approximate surface area is 137 Å². The lowest BCUT2D eigenvalue weighted by atomic mass is 10.3. The number of nitrogen functional groups attached to an aromatic ring is 1. The van der Waals surface area contributed by atoms with Crippen LogP contribution in [0.3, 0.4) is 0 Å². The first-order valence-corrected chi connectivity index (χ1v) is 8.63. The third-order valence-corrected chi connectivity index (χ3v) is 4.95. The summed E-state index contributed by atoms with van der Waals surface area (Å²) in [5.41, 5.74) is 5.86. The van der Waals surface area contributed by atoms with Gasteiger partial charge in [-0.3, -0.25) is 4.72 Å². The average molecular weight is 442 g/mol. The molecule has 9 heteroatoms. The van der Waals surface area contributed by atoms with Gasteiger partial charge in [0.25, 0.3) is 10.0 Å². The van der Waals surface area contributed by atoms with Crippen molar-refractivity contribution >= 4 is 65.0 Å². The SMILES string of the molecule is Nc1ncc(Br)cc1S(=O)(=O)Nc1ccc(Br)cc1Cl. The molecule has 0 aliphatic rings. The van der Waals surface area contributed by atoms with Crippen LogP contribution in [0.1, 0.15) is 0 Å². The van der Waals surface area contributed by atoms with Crippen molar-refractivity contribution < 1.29 is 8.42 Å². The number of sulfonamides is 1. The molecule has 0 radical (unpaired) electrons. The second kappa shape index (κ2) is 5.88. The van der Waals surface area contributed by atoms with Crippen LogP contribution in [-0.2, 0) is 10.0 Å². The highest BCUT2D eigenvalue weighted by atomic mass is 79.9. The number of halogens is 3. The Bertz CT molecular complexity index is 768. The van der Waals surface area contributed by atoms with Crippen LogP contribution in [-0.4, -0.2) is 13.4 Å². The van der Waals surface area contributed by atoms with Crippen LogP contribution in [0.4, 0.5) is 11.5 Å². The summed E-state index contributed by atoms with van der Waals surface area (Å²) in [4.78, 5) is 3.67. The largest absolute Gasteiger partial charge is 0.383 e. The molecule has 2 aromatic rings. The van der Waals surface area contributed by atoms with Gasteiger partial charge in [-0.1, -0.05) is 27.5 Å². The second-order valence-corrected chi connectivity index (χ2v) is 7.66. The molecule has 2 rings (SSSR count). The van der Waals surface area contributed by atoms with Crippen molar-refractivity contribution in [3.8, 4) is 0 Å². The highest BCUT2D eigenvalue weighted by Gasteiger charge is 2.20. The molecule has 0 saturated carbocycles. The Hall–Kier alpha value is -0.830. The molecular weight excluding hydrogens is 433 g/mol. The minimum absolute atomic E-state index is 0.0889. The van der Waals surface area contributed by atoms with E-state index in [-0.39, 0.29) is 21.4 Å². The second-order valence-electron chi connectivity index (χ2n) is 3.77. The molecule has 1 aromatic heterocycles. The summed E-state index contributed by atoms with van der Waals surface area (Å²) < 4.78 is 28.2. The molecule has 0 amide bonds. The smallest absolute Gasteiger partial charge is 0.265 e. The lowest BCUT2D eigenvalue weighted by molar-refractivity contribution is 0.601. The third kappa shape index (κ3) is 3.43. The number of pyridine rings is 1. The number of nitrogens with one attached hydrogen (secondary N) is 1. The van der Waals surface area contributed by atoms with Gasteiger partial charge in [0.2, 0.25) is 0 Å². The maximum Gasteiger partial charge on any atom is 0.265 e. The third-order valence-electron chi connectivity index (χ3n) is 2.31. The maximum absolute atomic E-state index is 12.3. The van der Waals surface area contributed by atoms with Gasteiger partial charge >= 0.3 is 0 Å². The lowest BCUT2D eigenvalue weighted by Crippen LogP contribution is -2.15. The van der Waals surface area contributed by atoms with Crippen molar-refractivity contribution in [2.24, 2.45) is 0 Å². The van der Waals surface area contributed by atoms with Gasteiger partial charge in [-0.05, 0) is 40.2 Å². The number of hydrogen-bond donors (Lipinski definition) is 2. The minimum atomic E-state index is -3.87. The standard InChI is InChI=1S/C11H8Br2ClN3O2S/c12-6-1-2-9(8(14)3-6)17-20(18,19)10-4-7(13)5-16-11(10)15/h1-5,17H,(H2,15,16). The van der Waals surface area contributed by atoms with E-state index in [1.165, 1.54) is 12.3 Å². The Kier molecular flexibility index (Phi) is 4.58. The van der Waals surface area contributed by atoms with E-state index in [1.807, 2.05) is 0 Å². The molecule has 0 spiro atoms. The first kappa shape index (κ1) is 15.6. The van der Waals surface area contributed by atoms with E-state index in [1.54, 1.807) is 18.2 Å². The first-order chi connectivity index (χ1) is 9.29. The zero-order chi connectivity index (χ0) is 14.9. The maximum atomic E-state index is 12.3. The summed E-state index contributed by atoms with van der Waals surface area (Å²) in [7, 11) is -3.87. The summed E-state index contributed by atoms with van der Waals surface area (Å²) in [6.45, 7) is 0. The van der Waals surface area contributed by atoms with Crippen LogP contribution in [0.25, 0.3) is 0 Å². The van der Waals surface area contributed by atoms with Crippen molar-refractivity contribution in [1.82, 2.24) is 4.98 Å². The minimum Gasteiger partial charge on any atom is -0.383 e. The van der Waals surface area contributed by atoms with E-state index in [0.717, 1.165) is 4.47 Å². The fourth-order valence-corrected chi connectivity index (χ4v) is 3.87. The van der Waals surface area contributed by atoms with E-state index in [2.05, 4.69) is 41.6 Å². The van der Waals surface area contributed by atoms with Crippen LogP contribution in [0.15, 0.2) is 44.3 Å². The molecule has 0 saturated heterocycles. The van der Waals surface area contributed by atoms with E-state index in [0.29, 0.717) is 4.47 Å². The number of anilines is 2. The van der Waals surface area contributed by atoms with E-state index < -0.39 is 10.0 Å². The fourth-order valence-electron chi connectivity index (χ4n) is 1.42. The van der Waals surface area contributed by atoms with Crippen molar-refractivity contribution in [1.29, 1.82) is 0 Å². The molecule has 3 N–H and O–H groups in total. The highest BCUT2D eigenvalue weighted by molar-refractivity contribution is 9.10. The van der Waals surface area contributed by atoms with Crippen LogP contribution in [0.2, 0.25) is 5.02 Å². The van der Waals surface area contributed by atoms with E-state index in [4.69, 9.17) is 17.3 Å². The van der Waals surface area contributed by atoms with Crippen LogP contribution in [0.5, 0.6) is 0 Å². The molecule has 0 bridgehead atoms.